The summed E-state index contributed by atoms with van der Waals surface area (Å²) in [5.41, 5.74) is 2.55. The summed E-state index contributed by atoms with van der Waals surface area (Å²) >= 11 is 0. The molecule has 2 fully saturated rings. The minimum absolute atomic E-state index is 0.158. The number of carbonyl (C=O) groups is 1. The van der Waals surface area contributed by atoms with Gasteiger partial charge in [-0.25, -0.2) is 4.98 Å². The van der Waals surface area contributed by atoms with Crippen LogP contribution in [-0.4, -0.2) is 30.0 Å². The van der Waals surface area contributed by atoms with Crippen molar-refractivity contribution in [2.45, 2.75) is 52.0 Å². The van der Waals surface area contributed by atoms with Crippen LogP contribution in [-0.2, 0) is 4.79 Å². The zero-order valence-corrected chi connectivity index (χ0v) is 13.9. The summed E-state index contributed by atoms with van der Waals surface area (Å²) in [6.45, 7) is 5.54. The number of carbonyl (C=O) groups excluding carboxylic acids is 1. The van der Waals surface area contributed by atoms with Crippen molar-refractivity contribution in [2.75, 3.05) is 18.0 Å². The number of nitrogens with one attached hydrogen (secondary N) is 1. The van der Waals surface area contributed by atoms with E-state index in [-0.39, 0.29) is 17.9 Å². The van der Waals surface area contributed by atoms with Crippen LogP contribution in [0.5, 0.6) is 0 Å². The average molecular weight is 312 g/mol. The third kappa shape index (κ3) is 3.31. The fourth-order valence-electron chi connectivity index (χ4n) is 3.46. The zero-order valence-electron chi connectivity index (χ0n) is 13.9. The summed E-state index contributed by atoms with van der Waals surface area (Å²) in [7, 11) is 0. The van der Waals surface area contributed by atoms with Gasteiger partial charge in [0.2, 0.25) is 5.91 Å². The Bertz CT molecular complexity index is 645. The Morgan fingerprint density at radius 2 is 2.13 bits per heavy atom. The van der Waals surface area contributed by atoms with Gasteiger partial charge in [-0.05, 0) is 51.2 Å². The maximum absolute atomic E-state index is 12.2. The van der Waals surface area contributed by atoms with Gasteiger partial charge in [0.05, 0.1) is 5.56 Å². The van der Waals surface area contributed by atoms with Gasteiger partial charge in [0, 0.05) is 30.7 Å². The van der Waals surface area contributed by atoms with Crippen molar-refractivity contribution >= 4 is 11.7 Å². The molecule has 0 bridgehead atoms. The lowest BCUT2D eigenvalue weighted by Gasteiger charge is -2.36. The quantitative estimate of drug-likeness (QED) is 0.931. The summed E-state index contributed by atoms with van der Waals surface area (Å²) in [5, 5.41) is 12.7. The molecule has 1 aliphatic heterocycles. The molecule has 1 amide bonds. The number of amides is 1. The highest BCUT2D eigenvalue weighted by Crippen LogP contribution is 2.28. The first-order valence-electron chi connectivity index (χ1n) is 8.52. The number of pyridine rings is 1. The number of nitrogens with zero attached hydrogens (tertiary/aromatic N) is 3. The number of piperidine rings is 1. The number of hydrogen-bond acceptors (Lipinski definition) is 4. The van der Waals surface area contributed by atoms with Crippen LogP contribution in [0.15, 0.2) is 6.07 Å². The monoisotopic (exact) mass is 312 g/mol. The second-order valence-corrected chi connectivity index (χ2v) is 6.81. The molecule has 1 N–H and O–H groups in total. The molecule has 1 aliphatic carbocycles. The highest BCUT2D eigenvalue weighted by molar-refractivity contribution is 5.79. The first-order valence-corrected chi connectivity index (χ1v) is 8.52. The SMILES string of the molecule is Cc1cc(C)c(C#N)c(N2CCCC(NC(=O)C3CCC3)C2)n1. The van der Waals surface area contributed by atoms with Crippen LogP contribution >= 0.6 is 0 Å². The summed E-state index contributed by atoms with van der Waals surface area (Å²) in [4.78, 5) is 18.9. The molecule has 122 valence electrons. The Morgan fingerprint density at radius 1 is 1.35 bits per heavy atom. The number of aromatic nitrogens is 1. The third-order valence-electron chi connectivity index (χ3n) is 4.98. The van der Waals surface area contributed by atoms with E-state index in [2.05, 4.69) is 21.3 Å². The molecule has 1 saturated heterocycles. The number of rotatable bonds is 3. The summed E-state index contributed by atoms with van der Waals surface area (Å²) in [6, 6.07) is 4.39. The van der Waals surface area contributed by atoms with Gasteiger partial charge >= 0.3 is 0 Å². The standard InChI is InChI=1S/C18H24N4O/c1-12-9-13(2)20-17(16(12)10-19)22-8-4-7-15(11-22)21-18(23)14-5-3-6-14/h9,14-15H,3-8,11H2,1-2H3,(H,21,23). The summed E-state index contributed by atoms with van der Waals surface area (Å²) in [6.07, 6.45) is 5.24. The van der Waals surface area contributed by atoms with Crippen molar-refractivity contribution in [2.24, 2.45) is 5.92 Å². The van der Waals surface area contributed by atoms with Gasteiger partial charge in [-0.1, -0.05) is 6.42 Å². The summed E-state index contributed by atoms with van der Waals surface area (Å²) < 4.78 is 0. The highest BCUT2D eigenvalue weighted by atomic mass is 16.2. The maximum atomic E-state index is 12.2. The van der Waals surface area contributed by atoms with Gasteiger partial charge in [-0.3, -0.25) is 4.79 Å². The Kier molecular flexibility index (Phi) is 4.51. The van der Waals surface area contributed by atoms with E-state index in [0.717, 1.165) is 55.8 Å². The Hall–Kier alpha value is -2.09. The second kappa shape index (κ2) is 6.57. The normalized spacial score (nSPS) is 21.4. The first kappa shape index (κ1) is 15.8. The lowest BCUT2D eigenvalue weighted by molar-refractivity contribution is -0.128. The molecule has 1 aromatic heterocycles. The third-order valence-corrected chi connectivity index (χ3v) is 4.98. The lowest BCUT2D eigenvalue weighted by Crippen LogP contribution is -2.50. The molecule has 1 aromatic rings. The van der Waals surface area contributed by atoms with Gasteiger partial charge in [0.15, 0.2) is 0 Å². The zero-order chi connectivity index (χ0) is 16.4. The van der Waals surface area contributed by atoms with Crippen LogP contribution in [0.25, 0.3) is 0 Å². The molecule has 23 heavy (non-hydrogen) atoms. The van der Waals surface area contributed by atoms with E-state index >= 15 is 0 Å². The molecule has 5 heteroatoms. The van der Waals surface area contributed by atoms with Crippen LogP contribution in [0.4, 0.5) is 5.82 Å². The van der Waals surface area contributed by atoms with Crippen LogP contribution in [0, 0.1) is 31.1 Å². The molecule has 2 heterocycles. The smallest absolute Gasteiger partial charge is 0.223 e. The van der Waals surface area contributed by atoms with Crippen molar-refractivity contribution < 1.29 is 4.79 Å². The van der Waals surface area contributed by atoms with E-state index in [1.807, 2.05) is 19.9 Å². The molecular weight excluding hydrogens is 288 g/mol. The second-order valence-electron chi connectivity index (χ2n) is 6.81. The van der Waals surface area contributed by atoms with E-state index in [1.54, 1.807) is 0 Å². The molecule has 3 rings (SSSR count). The molecule has 2 aliphatic rings. The molecule has 1 atom stereocenters. The van der Waals surface area contributed by atoms with Gasteiger partial charge in [0.25, 0.3) is 0 Å². The molecule has 5 nitrogen and oxygen atoms in total. The molecular formula is C18H24N4O. The fraction of sp³-hybridized carbons (Fsp3) is 0.611. The molecule has 1 saturated carbocycles. The Morgan fingerprint density at radius 3 is 2.78 bits per heavy atom. The highest BCUT2D eigenvalue weighted by Gasteiger charge is 2.29. The number of aryl methyl sites for hydroxylation is 2. The molecule has 0 spiro atoms. The first-order chi connectivity index (χ1) is 11.1. The number of anilines is 1. The predicted molar refractivity (Wildman–Crippen MR) is 89.1 cm³/mol. The number of hydrogen-bond donors (Lipinski definition) is 1. The minimum atomic E-state index is 0.158. The summed E-state index contributed by atoms with van der Waals surface area (Å²) in [5.74, 6) is 1.20. The molecule has 0 aromatic carbocycles. The van der Waals surface area contributed by atoms with Crippen LogP contribution < -0.4 is 10.2 Å². The largest absolute Gasteiger partial charge is 0.353 e. The lowest BCUT2D eigenvalue weighted by atomic mass is 9.84. The van der Waals surface area contributed by atoms with Gasteiger partial charge in [-0.15, -0.1) is 0 Å². The van der Waals surface area contributed by atoms with E-state index in [4.69, 9.17) is 0 Å². The predicted octanol–water partition coefficient (Wildman–Crippen LogP) is 2.46. The fourth-order valence-corrected chi connectivity index (χ4v) is 3.46. The maximum Gasteiger partial charge on any atom is 0.223 e. The van der Waals surface area contributed by atoms with Gasteiger partial charge in [0.1, 0.15) is 11.9 Å². The van der Waals surface area contributed by atoms with Crippen LogP contribution in [0.1, 0.15) is 48.9 Å². The van der Waals surface area contributed by atoms with Crippen molar-refractivity contribution in [1.29, 1.82) is 5.26 Å². The number of nitriles is 1. The Labute approximate surface area is 137 Å². The topological polar surface area (TPSA) is 69.0 Å². The van der Waals surface area contributed by atoms with Crippen molar-refractivity contribution in [1.82, 2.24) is 10.3 Å². The minimum Gasteiger partial charge on any atom is -0.353 e. The van der Waals surface area contributed by atoms with Crippen molar-refractivity contribution in [3.8, 4) is 6.07 Å². The van der Waals surface area contributed by atoms with Crippen LogP contribution in [0.2, 0.25) is 0 Å². The Balaban J connectivity index is 1.73. The van der Waals surface area contributed by atoms with Crippen LogP contribution in [0.3, 0.4) is 0 Å². The van der Waals surface area contributed by atoms with E-state index in [0.29, 0.717) is 5.56 Å². The average Bonchev–Trinajstić information content (AvgIpc) is 2.44. The van der Waals surface area contributed by atoms with Gasteiger partial charge in [-0.2, -0.15) is 5.26 Å². The van der Waals surface area contributed by atoms with E-state index in [1.165, 1.54) is 6.42 Å². The van der Waals surface area contributed by atoms with Crippen molar-refractivity contribution in [3.05, 3.63) is 22.9 Å². The van der Waals surface area contributed by atoms with E-state index < -0.39 is 0 Å². The molecule has 1 unspecified atom stereocenters. The van der Waals surface area contributed by atoms with Crippen molar-refractivity contribution in [3.63, 3.8) is 0 Å². The van der Waals surface area contributed by atoms with Gasteiger partial charge < -0.3 is 10.2 Å². The van der Waals surface area contributed by atoms with E-state index in [9.17, 15) is 10.1 Å². The molecule has 0 radical (unpaired) electrons.